The number of ether oxygens (including phenoxy) is 2. The van der Waals surface area contributed by atoms with Crippen LogP contribution in [-0.4, -0.2) is 53.1 Å². The maximum atomic E-state index is 14.0. The third kappa shape index (κ3) is 4.10. The number of aromatic hydroxyl groups is 6. The van der Waals surface area contributed by atoms with Gasteiger partial charge in [0.1, 0.15) is 63.2 Å². The minimum absolute atomic E-state index is 0.0412. The average molecular weight is 558 g/mol. The minimum atomic E-state index is -2.54. The van der Waals surface area contributed by atoms with E-state index in [1.165, 1.54) is 48.5 Å². The Morgan fingerprint density at radius 2 is 1.32 bits per heavy atom. The number of aliphatic hydroxyl groups is 1. The maximum Gasteiger partial charge on any atom is 0.277 e. The summed E-state index contributed by atoms with van der Waals surface area (Å²) in [6.07, 6.45) is -1.65. The maximum absolute atomic E-state index is 14.0. The van der Waals surface area contributed by atoms with E-state index in [1.54, 1.807) is 0 Å². The molecule has 2 heterocycles. The minimum Gasteiger partial charge on any atom is -0.508 e. The molecule has 6 rings (SSSR count). The van der Waals surface area contributed by atoms with Crippen molar-refractivity contribution in [2.24, 2.45) is 0 Å². The molecule has 41 heavy (non-hydrogen) atoms. The molecule has 0 aromatic heterocycles. The standard InChI is InChI=1S/C30H22O11/c31-15-5-1-13(2-6-15)12-30(39)29(38)24-20(36)11-19(35)23(28(24)41-30)25-26(37)22-18(34)9-17(33)10-21(22)40-27(25)14-3-7-16(32)8-4-14/h1-11,25,27,31-36,39H,12H2/t25-,27+,30-/m1/s1. The molecule has 7 N–H and O–H groups in total. The molecule has 208 valence electrons. The first-order valence-corrected chi connectivity index (χ1v) is 12.4. The van der Waals surface area contributed by atoms with E-state index in [1.807, 2.05) is 0 Å². The topological polar surface area (TPSA) is 194 Å². The van der Waals surface area contributed by atoms with E-state index in [0.29, 0.717) is 11.1 Å². The van der Waals surface area contributed by atoms with Crippen LogP contribution in [0.25, 0.3) is 0 Å². The smallest absolute Gasteiger partial charge is 0.277 e. The SMILES string of the molecule is O=C1c2c(O)cc(O)cc2O[C@@H](c2ccc(O)cc2)[C@@H]1c1c(O)cc(O)c2c1O[C@](O)(Cc1ccc(O)cc1)C2=O. The van der Waals surface area contributed by atoms with Gasteiger partial charge in [-0.1, -0.05) is 24.3 Å². The number of carbonyl (C=O) groups is 2. The van der Waals surface area contributed by atoms with Crippen molar-refractivity contribution < 1.29 is 54.8 Å². The zero-order valence-corrected chi connectivity index (χ0v) is 21.0. The molecule has 3 atom stereocenters. The Hall–Kier alpha value is -5.42. The molecule has 0 aliphatic carbocycles. The van der Waals surface area contributed by atoms with Gasteiger partial charge in [0.05, 0.1) is 11.5 Å². The Morgan fingerprint density at radius 3 is 1.98 bits per heavy atom. The largest absolute Gasteiger partial charge is 0.508 e. The summed E-state index contributed by atoms with van der Waals surface area (Å²) in [6.45, 7) is 0. The molecule has 0 amide bonds. The van der Waals surface area contributed by atoms with E-state index in [4.69, 9.17) is 9.47 Å². The number of phenols is 6. The lowest BCUT2D eigenvalue weighted by Crippen LogP contribution is -2.42. The summed E-state index contributed by atoms with van der Waals surface area (Å²) in [4.78, 5) is 27.5. The van der Waals surface area contributed by atoms with Crippen LogP contribution in [0.5, 0.6) is 46.0 Å². The molecule has 0 saturated heterocycles. The summed E-state index contributed by atoms with van der Waals surface area (Å²) in [6, 6.07) is 14.1. The van der Waals surface area contributed by atoms with Gasteiger partial charge in [-0.15, -0.1) is 0 Å². The molecule has 0 unspecified atom stereocenters. The fourth-order valence-corrected chi connectivity index (χ4v) is 5.32. The van der Waals surface area contributed by atoms with Crippen molar-refractivity contribution in [1.29, 1.82) is 0 Å². The second kappa shape index (κ2) is 9.07. The van der Waals surface area contributed by atoms with Crippen molar-refractivity contribution in [3.8, 4) is 46.0 Å². The first kappa shape index (κ1) is 25.8. The Balaban J connectivity index is 1.53. The van der Waals surface area contributed by atoms with Crippen LogP contribution < -0.4 is 9.47 Å². The zero-order chi connectivity index (χ0) is 29.2. The van der Waals surface area contributed by atoms with Gasteiger partial charge in [-0.05, 0) is 35.4 Å². The summed E-state index contributed by atoms with van der Waals surface area (Å²) >= 11 is 0. The van der Waals surface area contributed by atoms with Gasteiger partial charge in [0, 0.05) is 24.6 Å². The Labute approximate surface area is 231 Å². The number of benzene rings is 4. The number of carbonyl (C=O) groups excluding carboxylic acids is 2. The normalized spacial score (nSPS) is 21.1. The molecular weight excluding hydrogens is 536 g/mol. The van der Waals surface area contributed by atoms with Crippen LogP contribution in [0.2, 0.25) is 0 Å². The number of ketones is 2. The molecule has 11 heteroatoms. The van der Waals surface area contributed by atoms with Crippen LogP contribution in [0.15, 0.2) is 66.7 Å². The van der Waals surface area contributed by atoms with Gasteiger partial charge >= 0.3 is 0 Å². The fraction of sp³-hybridized carbons (Fsp3) is 0.133. The Kier molecular flexibility index (Phi) is 5.71. The number of phenolic OH excluding ortho intramolecular Hbond substituents is 6. The molecule has 0 fully saturated rings. The van der Waals surface area contributed by atoms with Crippen LogP contribution in [0.1, 0.15) is 49.4 Å². The van der Waals surface area contributed by atoms with E-state index in [-0.39, 0.29) is 34.1 Å². The van der Waals surface area contributed by atoms with Gasteiger partial charge in [0.25, 0.3) is 5.79 Å². The number of rotatable bonds is 4. The number of Topliss-reactive ketones (excluding diaryl/α,β-unsaturated/α-hetero) is 2. The van der Waals surface area contributed by atoms with Gasteiger partial charge in [-0.3, -0.25) is 9.59 Å². The van der Waals surface area contributed by atoms with Crippen LogP contribution in [0, 0.1) is 0 Å². The van der Waals surface area contributed by atoms with Gasteiger partial charge in [0.15, 0.2) is 5.78 Å². The Bertz CT molecular complexity index is 1730. The van der Waals surface area contributed by atoms with Gasteiger partial charge in [-0.25, -0.2) is 0 Å². The molecule has 2 aliphatic rings. The second-order valence-corrected chi connectivity index (χ2v) is 9.90. The lowest BCUT2D eigenvalue weighted by molar-refractivity contribution is -0.0895. The summed E-state index contributed by atoms with van der Waals surface area (Å²) in [5.74, 6) is -8.93. The highest BCUT2D eigenvalue weighted by atomic mass is 16.6. The molecule has 11 nitrogen and oxygen atoms in total. The molecule has 0 radical (unpaired) electrons. The third-order valence-corrected chi connectivity index (χ3v) is 7.19. The predicted molar refractivity (Wildman–Crippen MR) is 140 cm³/mol. The Morgan fingerprint density at radius 1 is 0.707 bits per heavy atom. The highest BCUT2D eigenvalue weighted by molar-refractivity contribution is 6.12. The van der Waals surface area contributed by atoms with E-state index >= 15 is 0 Å². The van der Waals surface area contributed by atoms with Crippen molar-refractivity contribution in [2.45, 2.75) is 24.2 Å². The average Bonchev–Trinajstić information content (AvgIpc) is 3.16. The monoisotopic (exact) mass is 558 g/mol. The van der Waals surface area contributed by atoms with E-state index in [0.717, 1.165) is 18.2 Å². The summed E-state index contributed by atoms with van der Waals surface area (Å²) in [5.41, 5.74) is -0.354. The van der Waals surface area contributed by atoms with Crippen LogP contribution in [-0.2, 0) is 6.42 Å². The quantitative estimate of drug-likeness (QED) is 0.194. The second-order valence-electron chi connectivity index (χ2n) is 9.90. The zero-order valence-electron chi connectivity index (χ0n) is 21.0. The number of hydrogen-bond acceptors (Lipinski definition) is 11. The number of fused-ring (bicyclic) bond motifs is 2. The van der Waals surface area contributed by atoms with Gasteiger partial charge in [0.2, 0.25) is 5.78 Å². The predicted octanol–water partition coefficient (Wildman–Crippen LogP) is 3.53. The van der Waals surface area contributed by atoms with Crippen molar-refractivity contribution in [3.63, 3.8) is 0 Å². The third-order valence-electron chi connectivity index (χ3n) is 7.19. The fourth-order valence-electron chi connectivity index (χ4n) is 5.32. The van der Waals surface area contributed by atoms with E-state index in [9.17, 15) is 45.3 Å². The molecule has 4 aromatic rings. The van der Waals surface area contributed by atoms with Crippen molar-refractivity contribution in [1.82, 2.24) is 0 Å². The summed E-state index contributed by atoms with van der Waals surface area (Å²) in [5, 5.41) is 72.9. The molecule has 2 aliphatic heterocycles. The highest BCUT2D eigenvalue weighted by Gasteiger charge is 2.53. The number of hydrogen-bond donors (Lipinski definition) is 7. The van der Waals surface area contributed by atoms with Crippen molar-refractivity contribution in [2.75, 3.05) is 0 Å². The van der Waals surface area contributed by atoms with Crippen LogP contribution in [0.3, 0.4) is 0 Å². The van der Waals surface area contributed by atoms with Gasteiger partial charge in [-0.2, -0.15) is 0 Å². The molecule has 4 aromatic carbocycles. The van der Waals surface area contributed by atoms with Crippen LogP contribution >= 0.6 is 0 Å². The molecular formula is C30H22O11. The molecule has 0 saturated carbocycles. The molecule has 0 bridgehead atoms. The van der Waals surface area contributed by atoms with Gasteiger partial charge < -0.3 is 45.2 Å². The highest BCUT2D eigenvalue weighted by Crippen LogP contribution is 2.56. The summed E-state index contributed by atoms with van der Waals surface area (Å²) in [7, 11) is 0. The van der Waals surface area contributed by atoms with Crippen LogP contribution in [0.4, 0.5) is 0 Å². The van der Waals surface area contributed by atoms with Crippen molar-refractivity contribution in [3.05, 3.63) is 94.5 Å². The summed E-state index contributed by atoms with van der Waals surface area (Å²) < 4.78 is 11.8. The lowest BCUT2D eigenvalue weighted by Gasteiger charge is -2.34. The van der Waals surface area contributed by atoms with Crippen molar-refractivity contribution >= 4 is 11.6 Å². The molecule has 0 spiro atoms. The lowest BCUT2D eigenvalue weighted by atomic mass is 9.79. The van der Waals surface area contributed by atoms with E-state index < -0.39 is 64.4 Å². The van der Waals surface area contributed by atoms with E-state index in [2.05, 4.69) is 0 Å². The first-order chi connectivity index (χ1) is 19.5. The first-order valence-electron chi connectivity index (χ1n) is 12.4.